The van der Waals surface area contributed by atoms with E-state index in [0.717, 1.165) is 16.9 Å². The molecule has 0 unspecified atom stereocenters. The average molecular weight is 256 g/mol. The Morgan fingerprint density at radius 3 is 2.53 bits per heavy atom. The van der Waals surface area contributed by atoms with Crippen LogP contribution in [0.25, 0.3) is 0 Å². The Kier molecular flexibility index (Phi) is 4.58. The quantitative estimate of drug-likeness (QED) is 0.884. The maximum Gasteiger partial charge on any atom is 0.123 e. The molecular formula is C17H20O2. The smallest absolute Gasteiger partial charge is 0.123 e. The lowest BCUT2D eigenvalue weighted by atomic mass is 9.99. The van der Waals surface area contributed by atoms with Crippen molar-refractivity contribution in [3.8, 4) is 5.75 Å². The predicted molar refractivity (Wildman–Crippen MR) is 77.5 cm³/mol. The molecule has 0 fully saturated rings. The van der Waals surface area contributed by atoms with Gasteiger partial charge in [0, 0.05) is 12.5 Å². The highest BCUT2D eigenvalue weighted by molar-refractivity contribution is 5.39. The zero-order chi connectivity index (χ0) is 13.7. The Morgan fingerprint density at radius 2 is 1.84 bits per heavy atom. The summed E-state index contributed by atoms with van der Waals surface area (Å²) in [5, 5.41) is 9.33. The molecule has 2 rings (SSSR count). The van der Waals surface area contributed by atoms with Crippen LogP contribution in [-0.4, -0.2) is 11.7 Å². The van der Waals surface area contributed by atoms with Crippen LogP contribution in [0.3, 0.4) is 0 Å². The largest absolute Gasteiger partial charge is 0.489 e. The molecule has 0 aliphatic heterocycles. The third kappa shape index (κ3) is 3.58. The second-order valence-electron chi connectivity index (χ2n) is 4.90. The molecule has 19 heavy (non-hydrogen) atoms. The monoisotopic (exact) mass is 256 g/mol. The normalized spacial score (nSPS) is 12.2. The van der Waals surface area contributed by atoms with Crippen molar-refractivity contribution >= 4 is 0 Å². The molecule has 0 spiro atoms. The Labute approximate surface area is 114 Å². The minimum absolute atomic E-state index is 0.0886. The van der Waals surface area contributed by atoms with E-state index in [9.17, 15) is 5.11 Å². The van der Waals surface area contributed by atoms with Gasteiger partial charge in [0.05, 0.1) is 0 Å². The number of hydrogen-bond acceptors (Lipinski definition) is 2. The van der Waals surface area contributed by atoms with E-state index in [0.29, 0.717) is 6.61 Å². The maximum atomic E-state index is 9.33. The van der Waals surface area contributed by atoms with E-state index in [1.165, 1.54) is 5.56 Å². The zero-order valence-corrected chi connectivity index (χ0v) is 11.5. The number of aryl methyl sites for hydroxylation is 1. The van der Waals surface area contributed by atoms with Crippen LogP contribution in [0.15, 0.2) is 48.5 Å². The molecule has 2 heteroatoms. The fourth-order valence-corrected chi connectivity index (χ4v) is 2.02. The number of benzene rings is 2. The van der Waals surface area contributed by atoms with Gasteiger partial charge in [-0.2, -0.15) is 0 Å². The predicted octanol–water partition coefficient (Wildman–Crippen LogP) is 3.67. The second-order valence-corrected chi connectivity index (χ2v) is 4.90. The number of hydrogen-bond donors (Lipinski definition) is 1. The first-order chi connectivity index (χ1) is 9.20. The number of rotatable bonds is 5. The van der Waals surface area contributed by atoms with Crippen molar-refractivity contribution in [1.82, 2.24) is 0 Å². The van der Waals surface area contributed by atoms with E-state index in [2.05, 4.69) is 13.0 Å². The lowest BCUT2D eigenvalue weighted by Crippen LogP contribution is -2.04. The van der Waals surface area contributed by atoms with E-state index in [1.807, 2.05) is 49.4 Å². The first-order valence-corrected chi connectivity index (χ1v) is 6.59. The SMILES string of the molecule is Cc1ccc(OCc2ccccc2)c([C@H](C)CO)c1. The minimum Gasteiger partial charge on any atom is -0.489 e. The van der Waals surface area contributed by atoms with Crippen molar-refractivity contribution in [2.45, 2.75) is 26.4 Å². The van der Waals surface area contributed by atoms with Crippen molar-refractivity contribution < 1.29 is 9.84 Å². The lowest BCUT2D eigenvalue weighted by molar-refractivity contribution is 0.262. The highest BCUT2D eigenvalue weighted by Crippen LogP contribution is 2.28. The second kappa shape index (κ2) is 6.39. The highest BCUT2D eigenvalue weighted by atomic mass is 16.5. The summed E-state index contributed by atoms with van der Waals surface area (Å²) < 4.78 is 5.89. The van der Waals surface area contributed by atoms with E-state index in [4.69, 9.17) is 4.74 Å². The van der Waals surface area contributed by atoms with Crippen molar-refractivity contribution in [2.24, 2.45) is 0 Å². The molecule has 100 valence electrons. The first-order valence-electron chi connectivity index (χ1n) is 6.59. The summed E-state index contributed by atoms with van der Waals surface area (Å²) in [5.74, 6) is 0.946. The van der Waals surface area contributed by atoms with Gasteiger partial charge < -0.3 is 9.84 Å². The van der Waals surface area contributed by atoms with Crippen LogP contribution < -0.4 is 4.74 Å². The average Bonchev–Trinajstić information content (AvgIpc) is 2.46. The topological polar surface area (TPSA) is 29.5 Å². The zero-order valence-electron chi connectivity index (χ0n) is 11.5. The highest BCUT2D eigenvalue weighted by Gasteiger charge is 2.11. The van der Waals surface area contributed by atoms with Crippen molar-refractivity contribution in [2.75, 3.05) is 6.61 Å². The van der Waals surface area contributed by atoms with E-state index >= 15 is 0 Å². The summed E-state index contributed by atoms with van der Waals surface area (Å²) in [6, 6.07) is 16.2. The number of aliphatic hydroxyl groups excluding tert-OH is 1. The van der Waals surface area contributed by atoms with E-state index < -0.39 is 0 Å². The van der Waals surface area contributed by atoms with Crippen LogP contribution in [0.1, 0.15) is 29.5 Å². The van der Waals surface area contributed by atoms with Crippen molar-refractivity contribution in [3.63, 3.8) is 0 Å². The Hall–Kier alpha value is -1.80. The van der Waals surface area contributed by atoms with Gasteiger partial charge in [-0.1, -0.05) is 55.0 Å². The molecule has 0 saturated heterocycles. The fourth-order valence-electron chi connectivity index (χ4n) is 2.02. The van der Waals surface area contributed by atoms with E-state index in [-0.39, 0.29) is 12.5 Å². The molecule has 0 radical (unpaired) electrons. The van der Waals surface area contributed by atoms with Gasteiger partial charge >= 0.3 is 0 Å². The van der Waals surface area contributed by atoms with Crippen LogP contribution in [0.2, 0.25) is 0 Å². The summed E-state index contributed by atoms with van der Waals surface area (Å²) in [4.78, 5) is 0. The van der Waals surface area contributed by atoms with Gasteiger partial charge in [0.15, 0.2) is 0 Å². The van der Waals surface area contributed by atoms with Gasteiger partial charge in [-0.05, 0) is 24.1 Å². The molecule has 0 aliphatic rings. The molecule has 0 amide bonds. The summed E-state index contributed by atoms with van der Waals surface area (Å²) in [6.07, 6.45) is 0. The minimum atomic E-state index is 0.0886. The molecule has 0 heterocycles. The standard InChI is InChI=1S/C17H20O2/c1-13-8-9-17(16(10-13)14(2)11-18)19-12-15-6-4-3-5-7-15/h3-10,14,18H,11-12H2,1-2H3/t14-/m1/s1. The third-order valence-electron chi connectivity index (χ3n) is 3.21. The van der Waals surface area contributed by atoms with Crippen LogP contribution in [0, 0.1) is 6.92 Å². The molecule has 0 bridgehead atoms. The van der Waals surface area contributed by atoms with Crippen LogP contribution in [-0.2, 0) is 6.61 Å². The maximum absolute atomic E-state index is 9.33. The molecule has 2 aromatic carbocycles. The molecule has 1 N–H and O–H groups in total. The van der Waals surface area contributed by atoms with Crippen LogP contribution in [0.5, 0.6) is 5.75 Å². The van der Waals surface area contributed by atoms with Gasteiger partial charge in [0.1, 0.15) is 12.4 Å². The van der Waals surface area contributed by atoms with Gasteiger partial charge in [-0.15, -0.1) is 0 Å². The Bertz CT molecular complexity index is 520. The summed E-state index contributed by atoms with van der Waals surface area (Å²) >= 11 is 0. The Balaban J connectivity index is 2.15. The molecule has 2 nitrogen and oxygen atoms in total. The fraction of sp³-hybridized carbons (Fsp3) is 0.294. The molecule has 2 aromatic rings. The number of aliphatic hydroxyl groups is 1. The first kappa shape index (κ1) is 13.6. The van der Waals surface area contributed by atoms with Gasteiger partial charge in [0.2, 0.25) is 0 Å². The molecule has 1 atom stereocenters. The van der Waals surface area contributed by atoms with E-state index in [1.54, 1.807) is 0 Å². The lowest BCUT2D eigenvalue weighted by Gasteiger charge is -2.16. The molecule has 0 aliphatic carbocycles. The van der Waals surface area contributed by atoms with Gasteiger partial charge in [-0.3, -0.25) is 0 Å². The molecular weight excluding hydrogens is 236 g/mol. The van der Waals surface area contributed by atoms with Crippen LogP contribution >= 0.6 is 0 Å². The number of ether oxygens (including phenoxy) is 1. The van der Waals surface area contributed by atoms with Crippen molar-refractivity contribution in [3.05, 3.63) is 65.2 Å². The van der Waals surface area contributed by atoms with Crippen molar-refractivity contribution in [1.29, 1.82) is 0 Å². The molecule has 0 saturated carbocycles. The summed E-state index contributed by atoms with van der Waals surface area (Å²) in [7, 11) is 0. The third-order valence-corrected chi connectivity index (χ3v) is 3.21. The summed E-state index contributed by atoms with van der Waals surface area (Å²) in [6.45, 7) is 4.74. The van der Waals surface area contributed by atoms with Gasteiger partial charge in [0.25, 0.3) is 0 Å². The molecule has 0 aromatic heterocycles. The van der Waals surface area contributed by atoms with Crippen LogP contribution in [0.4, 0.5) is 0 Å². The van der Waals surface area contributed by atoms with Gasteiger partial charge in [-0.25, -0.2) is 0 Å². The Morgan fingerprint density at radius 1 is 1.11 bits per heavy atom. The summed E-state index contributed by atoms with van der Waals surface area (Å²) in [5.41, 5.74) is 3.39.